The number of carbonyl (C=O) groups is 1. The topological polar surface area (TPSA) is 77.0 Å². The third-order valence-electron chi connectivity index (χ3n) is 3.77. The molecular weight excluding hydrogens is 346 g/mol. The van der Waals surface area contributed by atoms with Crippen LogP contribution in [0.1, 0.15) is 54.0 Å². The Labute approximate surface area is 164 Å². The molecule has 1 aliphatic heterocycles. The summed E-state index contributed by atoms with van der Waals surface area (Å²) >= 11 is 0. The first-order valence-electron chi connectivity index (χ1n) is 9.78. The molecule has 1 aliphatic rings. The van der Waals surface area contributed by atoms with Crippen LogP contribution in [0.15, 0.2) is 18.2 Å². The molecule has 0 bridgehead atoms. The van der Waals surface area contributed by atoms with Crippen LogP contribution in [0.2, 0.25) is 0 Å². The Morgan fingerprint density at radius 1 is 1.26 bits per heavy atom. The molecular formula is C21H37NO5. The van der Waals surface area contributed by atoms with Crippen LogP contribution in [0, 0.1) is 0 Å². The lowest BCUT2D eigenvalue weighted by Gasteiger charge is -2.33. The lowest BCUT2D eigenvalue weighted by Crippen LogP contribution is -2.49. The van der Waals surface area contributed by atoms with Crippen LogP contribution in [-0.4, -0.2) is 49.1 Å². The van der Waals surface area contributed by atoms with Crippen LogP contribution in [0.25, 0.3) is 0 Å². The predicted molar refractivity (Wildman–Crippen MR) is 109 cm³/mol. The highest BCUT2D eigenvalue weighted by atomic mass is 16.6. The average molecular weight is 384 g/mol. The van der Waals surface area contributed by atoms with E-state index in [-0.39, 0.29) is 18.8 Å². The van der Waals surface area contributed by atoms with Crippen LogP contribution in [0.3, 0.4) is 0 Å². The second-order valence-corrected chi connectivity index (χ2v) is 6.26. The number of aliphatic hydroxyl groups is 1. The van der Waals surface area contributed by atoms with Gasteiger partial charge < -0.3 is 24.6 Å². The number of hydrogen-bond donors (Lipinski definition) is 2. The number of carbonyl (C=O) groups excluding carboxylic acids is 1. The number of fused-ring (bicyclic) bond motifs is 1. The zero-order chi connectivity index (χ0) is 21.0. The number of aliphatic hydroxyl groups excluding tert-OH is 1. The molecule has 6 heteroatoms. The third kappa shape index (κ3) is 7.77. The molecule has 0 aliphatic carbocycles. The molecule has 2 rings (SSSR count). The smallest absolute Gasteiger partial charge is 0.353 e. The summed E-state index contributed by atoms with van der Waals surface area (Å²) in [6, 6.07) is 5.91. The summed E-state index contributed by atoms with van der Waals surface area (Å²) in [5.41, 5.74) is -0.0188. The molecule has 0 radical (unpaired) electrons. The molecule has 1 heterocycles. The Morgan fingerprint density at radius 2 is 1.89 bits per heavy atom. The summed E-state index contributed by atoms with van der Waals surface area (Å²) in [5, 5.41) is 12.6. The van der Waals surface area contributed by atoms with Crippen LogP contribution in [0.5, 0.6) is 11.5 Å². The first-order valence-corrected chi connectivity index (χ1v) is 9.78. The fourth-order valence-corrected chi connectivity index (χ4v) is 2.48. The molecule has 156 valence electrons. The summed E-state index contributed by atoms with van der Waals surface area (Å²) in [6.07, 6.45) is 0.436. The van der Waals surface area contributed by atoms with E-state index in [0.717, 1.165) is 12.0 Å². The number of nitrogens with one attached hydrogen (secondary N) is 1. The van der Waals surface area contributed by atoms with Gasteiger partial charge in [-0.05, 0) is 44.9 Å². The van der Waals surface area contributed by atoms with Crippen LogP contribution in [-0.2, 0) is 16.0 Å². The van der Waals surface area contributed by atoms with Crippen LogP contribution < -0.4 is 14.8 Å². The van der Waals surface area contributed by atoms with Gasteiger partial charge in [0.05, 0.1) is 13.2 Å². The van der Waals surface area contributed by atoms with Crippen molar-refractivity contribution in [3.63, 3.8) is 0 Å². The highest BCUT2D eigenvalue weighted by Crippen LogP contribution is 2.36. The molecule has 0 spiro atoms. The quantitative estimate of drug-likeness (QED) is 0.734. The fraction of sp³-hybridized carbons (Fsp3) is 0.667. The molecule has 0 fully saturated rings. The third-order valence-corrected chi connectivity index (χ3v) is 3.77. The van der Waals surface area contributed by atoms with Gasteiger partial charge in [-0.3, -0.25) is 0 Å². The molecule has 2 unspecified atom stereocenters. The average Bonchev–Trinajstić information content (AvgIpc) is 2.69. The number of methoxy groups -OCH3 is 1. The van der Waals surface area contributed by atoms with Gasteiger partial charge in [0.2, 0.25) is 5.60 Å². The molecule has 1 aromatic rings. The second kappa shape index (κ2) is 12.6. The summed E-state index contributed by atoms with van der Waals surface area (Å²) in [7, 11) is 1.33. The maximum Gasteiger partial charge on any atom is 0.353 e. The summed E-state index contributed by atoms with van der Waals surface area (Å²) in [6.45, 7) is 14.1. The molecule has 0 aromatic heterocycles. The van der Waals surface area contributed by atoms with Crippen LogP contribution in [0.4, 0.5) is 0 Å². The van der Waals surface area contributed by atoms with E-state index in [9.17, 15) is 9.90 Å². The van der Waals surface area contributed by atoms with E-state index >= 15 is 0 Å². The number of ether oxygens (including phenoxy) is 3. The highest BCUT2D eigenvalue weighted by molar-refractivity contribution is 5.80. The standard InChI is InChI=1S/C17H25NO5.2C2H6/c1-11(18-9-12(2)19)7-13-5-6-14-15(8-13)22-10-17(3,23-14)16(20)21-4;2*1-2/h5-6,8,11-12,18-19H,7,9-10H2,1-4H3;2*1-2H3/t11-,12?,17?;;/m0../s1. The van der Waals surface area contributed by atoms with Gasteiger partial charge in [-0.2, -0.15) is 0 Å². The lowest BCUT2D eigenvalue weighted by molar-refractivity contribution is -0.162. The van der Waals surface area contributed by atoms with Gasteiger partial charge in [0, 0.05) is 12.6 Å². The van der Waals surface area contributed by atoms with Crippen molar-refractivity contribution in [3.05, 3.63) is 23.8 Å². The summed E-state index contributed by atoms with van der Waals surface area (Å²) < 4.78 is 16.2. The van der Waals surface area contributed by atoms with Gasteiger partial charge in [-0.25, -0.2) is 4.79 Å². The SMILES string of the molecule is CC.CC.COC(=O)C1(C)COc2cc(C[C@H](C)NCC(C)O)ccc2O1. The van der Waals surface area contributed by atoms with Gasteiger partial charge in [0.25, 0.3) is 0 Å². The lowest BCUT2D eigenvalue weighted by atomic mass is 10.0. The first-order chi connectivity index (χ1) is 12.8. The van der Waals surface area contributed by atoms with Crippen LogP contribution >= 0.6 is 0 Å². The van der Waals surface area contributed by atoms with Crippen molar-refractivity contribution < 1.29 is 24.1 Å². The Kier molecular flexibility index (Phi) is 11.7. The minimum absolute atomic E-state index is 0.117. The molecule has 6 nitrogen and oxygen atoms in total. The van der Waals surface area contributed by atoms with Crippen molar-refractivity contribution in [1.82, 2.24) is 5.32 Å². The van der Waals surface area contributed by atoms with Crippen molar-refractivity contribution >= 4 is 5.97 Å². The maximum atomic E-state index is 11.8. The second-order valence-electron chi connectivity index (χ2n) is 6.26. The zero-order valence-electron chi connectivity index (χ0n) is 18.1. The van der Waals surface area contributed by atoms with Crippen molar-refractivity contribution in [2.75, 3.05) is 20.3 Å². The van der Waals surface area contributed by atoms with E-state index in [1.54, 1.807) is 13.8 Å². The highest BCUT2D eigenvalue weighted by Gasteiger charge is 2.41. The van der Waals surface area contributed by atoms with E-state index in [0.29, 0.717) is 18.0 Å². The minimum atomic E-state index is -1.12. The van der Waals surface area contributed by atoms with Crippen molar-refractivity contribution in [2.24, 2.45) is 0 Å². The summed E-state index contributed by atoms with van der Waals surface area (Å²) in [4.78, 5) is 11.8. The van der Waals surface area contributed by atoms with Gasteiger partial charge in [0.15, 0.2) is 11.5 Å². The zero-order valence-corrected chi connectivity index (χ0v) is 18.1. The van der Waals surface area contributed by atoms with Gasteiger partial charge in [-0.15, -0.1) is 0 Å². The Balaban J connectivity index is 0.00000158. The van der Waals surface area contributed by atoms with E-state index < -0.39 is 11.6 Å². The molecule has 0 amide bonds. The number of hydrogen-bond acceptors (Lipinski definition) is 6. The van der Waals surface area contributed by atoms with Crippen molar-refractivity contribution in [3.8, 4) is 11.5 Å². The molecule has 0 saturated carbocycles. The van der Waals surface area contributed by atoms with Gasteiger partial charge >= 0.3 is 5.97 Å². The molecule has 1 aromatic carbocycles. The fourth-order valence-electron chi connectivity index (χ4n) is 2.48. The molecule has 3 atom stereocenters. The largest absolute Gasteiger partial charge is 0.485 e. The monoisotopic (exact) mass is 383 g/mol. The van der Waals surface area contributed by atoms with E-state index in [4.69, 9.17) is 14.2 Å². The van der Waals surface area contributed by atoms with Gasteiger partial charge in [-0.1, -0.05) is 33.8 Å². The Bertz CT molecular complexity index is 562. The van der Waals surface area contributed by atoms with E-state index in [2.05, 4.69) is 12.2 Å². The molecule has 2 N–H and O–H groups in total. The van der Waals surface area contributed by atoms with Gasteiger partial charge in [0.1, 0.15) is 6.61 Å². The summed E-state index contributed by atoms with van der Waals surface area (Å²) in [5.74, 6) is 0.715. The normalized spacial score (nSPS) is 19.4. The van der Waals surface area contributed by atoms with E-state index in [1.807, 2.05) is 45.9 Å². The minimum Gasteiger partial charge on any atom is -0.485 e. The molecule has 27 heavy (non-hydrogen) atoms. The van der Waals surface area contributed by atoms with Crippen molar-refractivity contribution in [2.45, 2.75) is 72.6 Å². The number of benzene rings is 1. The number of rotatable bonds is 6. The van der Waals surface area contributed by atoms with E-state index in [1.165, 1.54) is 7.11 Å². The number of esters is 1. The Morgan fingerprint density at radius 3 is 2.44 bits per heavy atom. The Hall–Kier alpha value is -1.79. The van der Waals surface area contributed by atoms with Crippen molar-refractivity contribution in [1.29, 1.82) is 0 Å². The maximum absolute atomic E-state index is 11.8. The molecule has 0 saturated heterocycles. The predicted octanol–water partition coefficient (Wildman–Crippen LogP) is 3.34. The first kappa shape index (κ1) is 25.2.